The Morgan fingerprint density at radius 3 is 2.73 bits per heavy atom. The maximum absolute atomic E-state index is 11.9. The van der Waals surface area contributed by atoms with E-state index < -0.39 is 12.6 Å². The zero-order chi connectivity index (χ0) is 11.3. The zero-order valence-corrected chi connectivity index (χ0v) is 9.72. The molecule has 0 saturated carbocycles. The molecule has 2 unspecified atom stereocenters. The molecule has 1 saturated heterocycles. The van der Waals surface area contributed by atoms with Crippen molar-refractivity contribution in [3.05, 3.63) is 0 Å². The number of rotatable bonds is 4. The maximum Gasteiger partial charge on any atom is 0.389 e. The van der Waals surface area contributed by atoms with E-state index in [1.807, 2.05) is 0 Å². The second kappa shape index (κ2) is 5.90. The van der Waals surface area contributed by atoms with Crippen molar-refractivity contribution in [2.45, 2.75) is 24.3 Å². The highest BCUT2D eigenvalue weighted by Gasteiger charge is 2.29. The molecular weight excluding hydrogens is 243 g/mol. The Morgan fingerprint density at radius 2 is 2.27 bits per heavy atom. The van der Waals surface area contributed by atoms with Crippen LogP contribution in [0.25, 0.3) is 0 Å². The van der Waals surface area contributed by atoms with Gasteiger partial charge < -0.3 is 0 Å². The monoisotopic (exact) mass is 255 g/mol. The van der Waals surface area contributed by atoms with Gasteiger partial charge in [-0.15, -0.1) is 11.8 Å². The van der Waals surface area contributed by atoms with Gasteiger partial charge in [-0.1, -0.05) is 0 Å². The molecular formula is C9H12F3NS2. The number of nitriles is 1. The molecule has 0 aromatic rings. The normalized spacial score (nSPS) is 23.7. The van der Waals surface area contributed by atoms with E-state index in [2.05, 4.69) is 6.07 Å². The van der Waals surface area contributed by atoms with Crippen molar-refractivity contribution in [3.63, 3.8) is 0 Å². The van der Waals surface area contributed by atoms with Gasteiger partial charge in [0.05, 0.1) is 17.7 Å². The van der Waals surface area contributed by atoms with Crippen molar-refractivity contribution in [2.24, 2.45) is 5.92 Å². The predicted octanol–water partition coefficient (Wildman–Crippen LogP) is 3.32. The van der Waals surface area contributed by atoms with E-state index in [0.717, 1.165) is 29.7 Å². The van der Waals surface area contributed by atoms with E-state index in [9.17, 15) is 13.2 Å². The van der Waals surface area contributed by atoms with Crippen LogP contribution in [0.1, 0.15) is 12.8 Å². The molecule has 6 heteroatoms. The summed E-state index contributed by atoms with van der Waals surface area (Å²) in [5.41, 5.74) is 0. The topological polar surface area (TPSA) is 23.8 Å². The lowest BCUT2D eigenvalue weighted by molar-refractivity contribution is -0.129. The van der Waals surface area contributed by atoms with E-state index in [1.165, 1.54) is 0 Å². The van der Waals surface area contributed by atoms with Crippen LogP contribution in [0.15, 0.2) is 0 Å². The molecule has 1 aliphatic rings. The smallest absolute Gasteiger partial charge is 0.197 e. The van der Waals surface area contributed by atoms with E-state index >= 15 is 0 Å². The molecule has 1 heterocycles. The van der Waals surface area contributed by atoms with Crippen LogP contribution >= 0.6 is 23.5 Å². The second-order valence-electron chi connectivity index (χ2n) is 3.41. The standard InChI is InChI=1S/C9H12F3NS2/c10-9(11,12)2-4-15-8(5-13)7-1-3-14-6-7/h7-8H,1-4,6H2. The highest BCUT2D eigenvalue weighted by molar-refractivity contribution is 8.00. The van der Waals surface area contributed by atoms with Crippen molar-refractivity contribution in [2.75, 3.05) is 17.3 Å². The molecule has 1 nitrogen and oxygen atoms in total. The van der Waals surface area contributed by atoms with Gasteiger partial charge >= 0.3 is 6.18 Å². The maximum atomic E-state index is 11.9. The Morgan fingerprint density at radius 1 is 1.53 bits per heavy atom. The molecule has 0 aromatic heterocycles. The largest absolute Gasteiger partial charge is 0.389 e. The highest BCUT2D eigenvalue weighted by Crippen LogP contribution is 2.33. The fourth-order valence-corrected chi connectivity index (χ4v) is 3.97. The molecule has 1 fully saturated rings. The van der Waals surface area contributed by atoms with Gasteiger partial charge in [-0.3, -0.25) is 0 Å². The average molecular weight is 255 g/mol. The van der Waals surface area contributed by atoms with Crippen LogP contribution in [-0.4, -0.2) is 28.7 Å². The number of hydrogen-bond acceptors (Lipinski definition) is 3. The summed E-state index contributed by atoms with van der Waals surface area (Å²) >= 11 is 2.93. The number of thioether (sulfide) groups is 2. The third-order valence-corrected chi connectivity index (χ3v) is 4.68. The number of alkyl halides is 3. The summed E-state index contributed by atoms with van der Waals surface area (Å²) in [6.07, 6.45) is -3.94. The van der Waals surface area contributed by atoms with Gasteiger partial charge in [0.1, 0.15) is 0 Å². The van der Waals surface area contributed by atoms with Crippen molar-refractivity contribution in [3.8, 4) is 6.07 Å². The number of nitrogens with zero attached hydrogens (tertiary/aromatic N) is 1. The summed E-state index contributed by atoms with van der Waals surface area (Å²) in [5.74, 6) is 2.22. The van der Waals surface area contributed by atoms with Gasteiger partial charge in [0.2, 0.25) is 0 Å². The van der Waals surface area contributed by atoms with Gasteiger partial charge in [0, 0.05) is 5.75 Å². The van der Waals surface area contributed by atoms with Crippen molar-refractivity contribution < 1.29 is 13.2 Å². The first kappa shape index (κ1) is 13.0. The Kier molecular flexibility index (Phi) is 5.13. The molecule has 86 valence electrons. The molecule has 0 N–H and O–H groups in total. The molecule has 0 aromatic carbocycles. The van der Waals surface area contributed by atoms with E-state index in [-0.39, 0.29) is 16.9 Å². The molecule has 0 amide bonds. The Balaban J connectivity index is 2.26. The van der Waals surface area contributed by atoms with Crippen molar-refractivity contribution >= 4 is 23.5 Å². The minimum absolute atomic E-state index is 0.00287. The van der Waals surface area contributed by atoms with Gasteiger partial charge in [0.15, 0.2) is 0 Å². The predicted molar refractivity (Wildman–Crippen MR) is 58.0 cm³/mol. The summed E-state index contributed by atoms with van der Waals surface area (Å²) in [6, 6.07) is 2.11. The minimum Gasteiger partial charge on any atom is -0.197 e. The lowest BCUT2D eigenvalue weighted by atomic mass is 10.1. The molecule has 0 spiro atoms. The van der Waals surface area contributed by atoms with Gasteiger partial charge in [-0.25, -0.2) is 0 Å². The quantitative estimate of drug-likeness (QED) is 0.770. The summed E-state index contributed by atoms with van der Waals surface area (Å²) in [5, 5.41) is 8.59. The first-order valence-corrected chi connectivity index (χ1v) is 6.89. The highest BCUT2D eigenvalue weighted by atomic mass is 32.2. The van der Waals surface area contributed by atoms with E-state index in [1.54, 1.807) is 11.8 Å². The summed E-state index contributed by atoms with van der Waals surface area (Å²) in [7, 11) is 0. The number of hydrogen-bond donors (Lipinski definition) is 0. The zero-order valence-electron chi connectivity index (χ0n) is 8.09. The molecule has 15 heavy (non-hydrogen) atoms. The fraction of sp³-hybridized carbons (Fsp3) is 0.889. The lowest BCUT2D eigenvalue weighted by Gasteiger charge is -2.15. The van der Waals surface area contributed by atoms with E-state index in [0.29, 0.717) is 0 Å². The Bertz CT molecular complexity index is 230. The Labute approximate surface area is 95.8 Å². The molecule has 1 aliphatic heterocycles. The molecule has 1 rings (SSSR count). The first-order valence-electron chi connectivity index (χ1n) is 4.68. The summed E-state index contributed by atoms with van der Waals surface area (Å²) in [4.78, 5) is 0. The van der Waals surface area contributed by atoms with Crippen LogP contribution in [-0.2, 0) is 0 Å². The number of halogens is 3. The van der Waals surface area contributed by atoms with Crippen molar-refractivity contribution in [1.82, 2.24) is 0 Å². The van der Waals surface area contributed by atoms with Gasteiger partial charge in [0.25, 0.3) is 0 Å². The van der Waals surface area contributed by atoms with Crippen LogP contribution < -0.4 is 0 Å². The van der Waals surface area contributed by atoms with Crippen molar-refractivity contribution in [1.29, 1.82) is 5.26 Å². The SMILES string of the molecule is N#CC(SCCC(F)(F)F)C1CCSC1. The fourth-order valence-electron chi connectivity index (χ4n) is 1.37. The van der Waals surface area contributed by atoms with Crippen LogP contribution in [0, 0.1) is 17.2 Å². The average Bonchev–Trinajstić information content (AvgIpc) is 2.63. The minimum atomic E-state index is -4.10. The Hall–Kier alpha value is -0.0200. The third kappa shape index (κ3) is 5.03. The summed E-state index contributed by atoms with van der Waals surface area (Å²) in [6.45, 7) is 0. The molecule has 2 atom stereocenters. The first-order chi connectivity index (χ1) is 7.03. The van der Waals surface area contributed by atoms with Crippen LogP contribution in [0.4, 0.5) is 13.2 Å². The third-order valence-electron chi connectivity index (χ3n) is 2.20. The van der Waals surface area contributed by atoms with Gasteiger partial charge in [-0.05, 0) is 23.8 Å². The van der Waals surface area contributed by atoms with Gasteiger partial charge in [-0.2, -0.15) is 30.2 Å². The van der Waals surface area contributed by atoms with Crippen LogP contribution in [0.2, 0.25) is 0 Å². The summed E-state index contributed by atoms with van der Waals surface area (Å²) < 4.78 is 35.7. The molecule has 0 aliphatic carbocycles. The van der Waals surface area contributed by atoms with Crippen LogP contribution in [0.3, 0.4) is 0 Å². The van der Waals surface area contributed by atoms with Crippen LogP contribution in [0.5, 0.6) is 0 Å². The second-order valence-corrected chi connectivity index (χ2v) is 5.81. The molecule has 0 bridgehead atoms. The molecule has 0 radical (unpaired) electrons. The van der Waals surface area contributed by atoms with E-state index in [4.69, 9.17) is 5.26 Å². The lowest BCUT2D eigenvalue weighted by Crippen LogP contribution is -2.17.